The Kier molecular flexibility index (Phi) is 5.50. The minimum atomic E-state index is -0.0443. The Morgan fingerprint density at radius 1 is 1.29 bits per heavy atom. The molecular weight excluding hydrogens is 354 g/mol. The van der Waals surface area contributed by atoms with Crippen molar-refractivity contribution in [2.45, 2.75) is 31.5 Å². The summed E-state index contributed by atoms with van der Waals surface area (Å²) in [4.78, 5) is 13.6. The highest BCUT2D eigenvalue weighted by atomic mass is 16.5. The summed E-state index contributed by atoms with van der Waals surface area (Å²) in [7, 11) is 3.45. The quantitative estimate of drug-likeness (QED) is 0.834. The minimum Gasteiger partial charge on any atom is -0.496 e. The number of piperidine rings is 1. The van der Waals surface area contributed by atoms with E-state index in [2.05, 4.69) is 34.9 Å². The molecule has 2 aliphatic rings. The van der Waals surface area contributed by atoms with E-state index in [1.54, 1.807) is 19.1 Å². The minimum absolute atomic E-state index is 0.0443. The number of methoxy groups -OCH3 is 1. The lowest BCUT2D eigenvalue weighted by Gasteiger charge is -2.34. The van der Waals surface area contributed by atoms with E-state index in [-0.39, 0.29) is 18.6 Å². The average molecular weight is 381 g/mol. The van der Waals surface area contributed by atoms with Crippen molar-refractivity contribution < 1.29 is 14.3 Å². The van der Waals surface area contributed by atoms with Gasteiger partial charge in [0, 0.05) is 37.3 Å². The monoisotopic (exact) mass is 381 g/mol. The lowest BCUT2D eigenvalue weighted by Crippen LogP contribution is -2.45. The molecule has 1 saturated heterocycles. The first-order valence-corrected chi connectivity index (χ1v) is 9.79. The molecule has 2 atom stereocenters. The van der Waals surface area contributed by atoms with Crippen LogP contribution in [0.5, 0.6) is 11.5 Å². The first-order valence-electron chi connectivity index (χ1n) is 9.79. The van der Waals surface area contributed by atoms with Gasteiger partial charge in [-0.2, -0.15) is 0 Å². The van der Waals surface area contributed by atoms with Crippen molar-refractivity contribution in [2.24, 2.45) is 0 Å². The number of fused-ring (bicyclic) bond motifs is 1. The van der Waals surface area contributed by atoms with Gasteiger partial charge in [-0.15, -0.1) is 0 Å². The molecule has 0 bridgehead atoms. The van der Waals surface area contributed by atoms with E-state index >= 15 is 0 Å². The average Bonchev–Trinajstić information content (AvgIpc) is 2.75. The summed E-state index contributed by atoms with van der Waals surface area (Å²) < 4.78 is 11.2. The number of hydrogen-bond acceptors (Lipinski definition) is 5. The molecule has 0 spiro atoms. The van der Waals surface area contributed by atoms with Crippen molar-refractivity contribution in [1.82, 2.24) is 10.6 Å². The number of hydrogen-bond donors (Lipinski definition) is 2. The summed E-state index contributed by atoms with van der Waals surface area (Å²) in [5.74, 6) is 1.41. The zero-order chi connectivity index (χ0) is 19.5. The molecule has 6 nitrogen and oxygen atoms in total. The Balaban J connectivity index is 1.54. The van der Waals surface area contributed by atoms with E-state index in [0.29, 0.717) is 18.3 Å². The van der Waals surface area contributed by atoms with E-state index in [0.717, 1.165) is 36.4 Å². The summed E-state index contributed by atoms with van der Waals surface area (Å²) in [6, 6.07) is 15.1. The van der Waals surface area contributed by atoms with Gasteiger partial charge in [0.1, 0.15) is 11.5 Å². The molecule has 6 heteroatoms. The number of amides is 1. The van der Waals surface area contributed by atoms with Gasteiger partial charge in [0.05, 0.1) is 12.8 Å². The molecule has 1 amide bonds. The molecule has 2 aliphatic heterocycles. The van der Waals surface area contributed by atoms with Crippen LogP contribution in [0.2, 0.25) is 0 Å². The van der Waals surface area contributed by atoms with Gasteiger partial charge in [-0.25, -0.2) is 0 Å². The molecule has 2 aromatic carbocycles. The molecule has 2 aromatic rings. The van der Waals surface area contributed by atoms with Crippen molar-refractivity contribution in [3.63, 3.8) is 0 Å². The number of likely N-dealkylation sites (N-methyl/N-ethyl adjacent to an activating group) is 1. The van der Waals surface area contributed by atoms with Gasteiger partial charge in [0.15, 0.2) is 6.61 Å². The third kappa shape index (κ3) is 3.70. The number of ether oxygens (including phenoxy) is 2. The Labute approximate surface area is 165 Å². The maximum Gasteiger partial charge on any atom is 0.264 e. The van der Waals surface area contributed by atoms with Crippen molar-refractivity contribution >= 4 is 11.6 Å². The van der Waals surface area contributed by atoms with Crippen molar-refractivity contribution in [1.29, 1.82) is 0 Å². The highest BCUT2D eigenvalue weighted by molar-refractivity contribution is 5.97. The van der Waals surface area contributed by atoms with Crippen molar-refractivity contribution in [2.75, 3.05) is 32.2 Å². The van der Waals surface area contributed by atoms with Gasteiger partial charge < -0.3 is 25.0 Å². The number of carbonyl (C=O) groups excluding carboxylic acids is 1. The number of benzene rings is 2. The second-order valence-corrected chi connectivity index (χ2v) is 7.35. The van der Waals surface area contributed by atoms with Gasteiger partial charge in [-0.05, 0) is 31.0 Å². The fraction of sp³-hybridized carbons (Fsp3) is 0.409. The maximum atomic E-state index is 12.0. The van der Waals surface area contributed by atoms with Gasteiger partial charge in [0.2, 0.25) is 0 Å². The van der Waals surface area contributed by atoms with Crippen LogP contribution in [0.3, 0.4) is 0 Å². The smallest absolute Gasteiger partial charge is 0.264 e. The SMILES string of the molecule is COc1cc2c(cc1CN[C@H]1CCCN[C@H]1c1ccccc1)N(C)C(=O)CO2. The fourth-order valence-corrected chi connectivity index (χ4v) is 4.03. The summed E-state index contributed by atoms with van der Waals surface area (Å²) in [5.41, 5.74) is 3.11. The number of rotatable bonds is 5. The predicted molar refractivity (Wildman–Crippen MR) is 109 cm³/mol. The number of nitrogens with one attached hydrogen (secondary N) is 2. The Morgan fingerprint density at radius 3 is 2.89 bits per heavy atom. The van der Waals surface area contributed by atoms with Gasteiger partial charge >= 0.3 is 0 Å². The predicted octanol–water partition coefficient (Wildman–Crippen LogP) is 2.63. The number of carbonyl (C=O) groups is 1. The lowest BCUT2D eigenvalue weighted by atomic mass is 9.92. The number of nitrogens with zero attached hydrogens (tertiary/aromatic N) is 1. The maximum absolute atomic E-state index is 12.0. The van der Waals surface area contributed by atoms with E-state index in [1.165, 1.54) is 5.56 Å². The van der Waals surface area contributed by atoms with E-state index < -0.39 is 0 Å². The molecule has 0 aliphatic carbocycles. The second-order valence-electron chi connectivity index (χ2n) is 7.35. The van der Waals surface area contributed by atoms with Crippen molar-refractivity contribution in [3.05, 3.63) is 53.6 Å². The zero-order valence-corrected chi connectivity index (χ0v) is 16.4. The lowest BCUT2D eigenvalue weighted by molar-refractivity contribution is -0.120. The summed E-state index contributed by atoms with van der Waals surface area (Å²) in [6.07, 6.45) is 2.26. The Bertz CT molecular complexity index is 840. The van der Waals surface area contributed by atoms with Crippen LogP contribution in [-0.4, -0.2) is 39.3 Å². The van der Waals surface area contributed by atoms with Crippen LogP contribution in [0.15, 0.2) is 42.5 Å². The van der Waals surface area contributed by atoms with E-state index in [4.69, 9.17) is 9.47 Å². The van der Waals surface area contributed by atoms with Gasteiger partial charge in [-0.3, -0.25) is 4.79 Å². The van der Waals surface area contributed by atoms with Crippen LogP contribution in [0.25, 0.3) is 0 Å². The molecule has 0 radical (unpaired) electrons. The third-order valence-electron chi connectivity index (χ3n) is 5.62. The van der Waals surface area contributed by atoms with Crippen LogP contribution in [0.4, 0.5) is 5.69 Å². The van der Waals surface area contributed by atoms with Gasteiger partial charge in [0.25, 0.3) is 5.91 Å². The molecular formula is C22H27N3O3. The van der Waals surface area contributed by atoms with E-state index in [9.17, 15) is 4.79 Å². The largest absolute Gasteiger partial charge is 0.496 e. The van der Waals surface area contributed by atoms with Gasteiger partial charge in [-0.1, -0.05) is 30.3 Å². The summed E-state index contributed by atoms with van der Waals surface area (Å²) in [5, 5.41) is 7.35. The highest BCUT2D eigenvalue weighted by Gasteiger charge is 2.27. The van der Waals surface area contributed by atoms with E-state index in [1.807, 2.05) is 18.2 Å². The third-order valence-corrected chi connectivity index (χ3v) is 5.62. The molecule has 0 aromatic heterocycles. The molecule has 0 saturated carbocycles. The summed E-state index contributed by atoms with van der Waals surface area (Å²) >= 11 is 0. The first kappa shape index (κ1) is 18.8. The molecule has 2 heterocycles. The molecule has 28 heavy (non-hydrogen) atoms. The molecule has 2 N–H and O–H groups in total. The summed E-state index contributed by atoms with van der Waals surface area (Å²) in [6.45, 7) is 1.76. The molecule has 4 rings (SSSR count). The zero-order valence-electron chi connectivity index (χ0n) is 16.4. The number of anilines is 1. The first-order chi connectivity index (χ1) is 13.7. The van der Waals surface area contributed by atoms with Crippen LogP contribution < -0.4 is 25.0 Å². The van der Waals surface area contributed by atoms with Crippen LogP contribution in [0.1, 0.15) is 30.0 Å². The molecule has 0 unspecified atom stereocenters. The standard InChI is InChI=1S/C22H27N3O3/c1-25-18-11-16(19(27-2)12-20(18)28-14-21(25)26)13-24-17-9-6-10-23-22(17)15-7-4-3-5-8-15/h3-5,7-8,11-12,17,22-24H,6,9-10,13-14H2,1-2H3/t17-,22-/m0/s1. The van der Waals surface area contributed by atoms with Crippen LogP contribution in [-0.2, 0) is 11.3 Å². The fourth-order valence-electron chi connectivity index (χ4n) is 4.03. The topological polar surface area (TPSA) is 62.8 Å². The highest BCUT2D eigenvalue weighted by Crippen LogP contribution is 2.37. The Hall–Kier alpha value is -2.57. The van der Waals surface area contributed by atoms with Crippen LogP contribution in [0, 0.1) is 0 Å². The van der Waals surface area contributed by atoms with Crippen LogP contribution >= 0.6 is 0 Å². The Morgan fingerprint density at radius 2 is 2.11 bits per heavy atom. The molecule has 1 fully saturated rings. The second kappa shape index (κ2) is 8.20. The molecule has 148 valence electrons. The normalized spacial score (nSPS) is 21.8. The van der Waals surface area contributed by atoms with Crippen molar-refractivity contribution in [3.8, 4) is 11.5 Å².